The van der Waals surface area contributed by atoms with Crippen LogP contribution < -0.4 is 10.6 Å². The third-order valence-corrected chi connectivity index (χ3v) is 3.81. The molecule has 0 saturated heterocycles. The largest absolute Gasteiger partial charge is 0.365 e. The second-order valence-electron chi connectivity index (χ2n) is 4.53. The van der Waals surface area contributed by atoms with Gasteiger partial charge in [-0.15, -0.1) is 11.3 Å². The van der Waals surface area contributed by atoms with Crippen LogP contribution in [0.15, 0.2) is 17.5 Å². The van der Waals surface area contributed by atoms with Crippen molar-refractivity contribution < 1.29 is 0 Å². The maximum atomic E-state index is 4.47. The smallest absolute Gasteiger partial charge is 0.224 e. The molecule has 4 nitrogen and oxygen atoms in total. The summed E-state index contributed by atoms with van der Waals surface area (Å²) in [6.07, 6.45) is 1.06. The Kier molecular flexibility index (Phi) is 4.74. The van der Waals surface area contributed by atoms with Crippen LogP contribution in [-0.2, 0) is 6.54 Å². The van der Waals surface area contributed by atoms with Gasteiger partial charge in [-0.2, -0.15) is 4.98 Å². The van der Waals surface area contributed by atoms with Gasteiger partial charge >= 0.3 is 0 Å². The maximum absolute atomic E-state index is 4.47. The molecule has 0 atom stereocenters. The Morgan fingerprint density at radius 3 is 2.74 bits per heavy atom. The normalized spacial score (nSPS) is 10.5. The first kappa shape index (κ1) is 13.8. The van der Waals surface area contributed by atoms with Gasteiger partial charge < -0.3 is 10.6 Å². The topological polar surface area (TPSA) is 49.8 Å². The fourth-order valence-corrected chi connectivity index (χ4v) is 2.58. The van der Waals surface area contributed by atoms with Crippen molar-refractivity contribution in [3.63, 3.8) is 0 Å². The van der Waals surface area contributed by atoms with E-state index in [1.165, 1.54) is 10.4 Å². The molecule has 0 amide bonds. The lowest BCUT2D eigenvalue weighted by Gasteiger charge is -2.09. The van der Waals surface area contributed by atoms with Gasteiger partial charge in [0, 0.05) is 23.2 Å². The third kappa shape index (κ3) is 3.92. The lowest BCUT2D eigenvalue weighted by Crippen LogP contribution is -2.08. The summed E-state index contributed by atoms with van der Waals surface area (Å²) in [7, 11) is 0. The molecule has 0 radical (unpaired) electrons. The van der Waals surface area contributed by atoms with E-state index in [-0.39, 0.29) is 0 Å². The number of hydrogen-bond donors (Lipinski definition) is 2. The van der Waals surface area contributed by atoms with Crippen LogP contribution in [0.3, 0.4) is 0 Å². The van der Waals surface area contributed by atoms with Crippen molar-refractivity contribution in [2.75, 3.05) is 17.2 Å². The van der Waals surface area contributed by atoms with Gasteiger partial charge in [0.25, 0.3) is 0 Å². The van der Waals surface area contributed by atoms with Crippen LogP contribution in [0, 0.1) is 13.8 Å². The molecule has 2 N–H and O–H groups in total. The second kappa shape index (κ2) is 6.52. The minimum Gasteiger partial charge on any atom is -0.365 e. The number of aromatic nitrogens is 2. The van der Waals surface area contributed by atoms with E-state index in [1.54, 1.807) is 11.3 Å². The summed E-state index contributed by atoms with van der Waals surface area (Å²) in [5.74, 6) is 1.58. The van der Waals surface area contributed by atoms with Crippen molar-refractivity contribution in [1.29, 1.82) is 0 Å². The Balaban J connectivity index is 2.03. The van der Waals surface area contributed by atoms with Crippen molar-refractivity contribution in [1.82, 2.24) is 9.97 Å². The van der Waals surface area contributed by atoms with Crippen molar-refractivity contribution in [3.8, 4) is 0 Å². The fraction of sp³-hybridized carbons (Fsp3) is 0.429. The standard InChI is InChI=1S/C14H20N4S/c1-4-6-15-14-17-11(3)8-13(18-14)16-9-12-10(2)5-7-19-12/h5,7-8H,4,6,9H2,1-3H3,(H2,15,16,17,18). The number of nitrogens with zero attached hydrogens (tertiary/aromatic N) is 2. The first-order valence-corrected chi connectivity index (χ1v) is 7.43. The SMILES string of the molecule is CCCNc1nc(C)cc(NCc2sccc2C)n1. The summed E-state index contributed by atoms with van der Waals surface area (Å²) in [5.41, 5.74) is 2.30. The lowest BCUT2D eigenvalue weighted by atomic mass is 10.3. The summed E-state index contributed by atoms with van der Waals surface area (Å²) in [6, 6.07) is 4.11. The molecular weight excluding hydrogens is 256 g/mol. The van der Waals surface area contributed by atoms with E-state index >= 15 is 0 Å². The van der Waals surface area contributed by atoms with Crippen LogP contribution >= 0.6 is 11.3 Å². The zero-order valence-corrected chi connectivity index (χ0v) is 12.5. The van der Waals surface area contributed by atoms with Crippen molar-refractivity contribution in [2.24, 2.45) is 0 Å². The molecule has 0 saturated carbocycles. The van der Waals surface area contributed by atoms with Crippen LogP contribution in [-0.4, -0.2) is 16.5 Å². The van der Waals surface area contributed by atoms with E-state index < -0.39 is 0 Å². The average Bonchev–Trinajstić information content (AvgIpc) is 2.79. The molecule has 0 bridgehead atoms. The number of anilines is 2. The Labute approximate surface area is 118 Å². The molecule has 0 fully saturated rings. The summed E-state index contributed by atoms with van der Waals surface area (Å²) < 4.78 is 0. The zero-order chi connectivity index (χ0) is 13.7. The molecule has 0 spiro atoms. The highest BCUT2D eigenvalue weighted by Gasteiger charge is 2.03. The second-order valence-corrected chi connectivity index (χ2v) is 5.53. The number of hydrogen-bond acceptors (Lipinski definition) is 5. The number of aryl methyl sites for hydroxylation is 2. The van der Waals surface area contributed by atoms with Gasteiger partial charge in [-0.3, -0.25) is 0 Å². The minimum absolute atomic E-state index is 0.701. The van der Waals surface area contributed by atoms with E-state index in [4.69, 9.17) is 0 Å². The number of nitrogens with one attached hydrogen (secondary N) is 2. The van der Waals surface area contributed by atoms with E-state index in [0.717, 1.165) is 31.0 Å². The van der Waals surface area contributed by atoms with Gasteiger partial charge in [-0.1, -0.05) is 6.92 Å². The molecule has 0 aliphatic rings. The van der Waals surface area contributed by atoms with Crippen molar-refractivity contribution in [2.45, 2.75) is 33.7 Å². The molecule has 2 rings (SSSR count). The molecule has 5 heteroatoms. The molecule has 2 aromatic heterocycles. The number of thiophene rings is 1. The van der Waals surface area contributed by atoms with E-state index in [1.807, 2.05) is 13.0 Å². The van der Waals surface area contributed by atoms with Crippen LogP contribution in [0.2, 0.25) is 0 Å². The summed E-state index contributed by atoms with van der Waals surface area (Å²) >= 11 is 1.77. The lowest BCUT2D eigenvalue weighted by molar-refractivity contribution is 0.944. The molecule has 2 aromatic rings. The molecule has 0 unspecified atom stereocenters. The average molecular weight is 276 g/mol. The highest BCUT2D eigenvalue weighted by molar-refractivity contribution is 7.10. The van der Waals surface area contributed by atoms with Gasteiger partial charge in [0.05, 0.1) is 6.54 Å². The first-order valence-electron chi connectivity index (χ1n) is 6.55. The van der Waals surface area contributed by atoms with Gasteiger partial charge in [-0.25, -0.2) is 4.98 Å². The van der Waals surface area contributed by atoms with Crippen LogP contribution in [0.25, 0.3) is 0 Å². The van der Waals surface area contributed by atoms with Crippen molar-refractivity contribution >= 4 is 23.1 Å². The molecule has 102 valence electrons. The summed E-state index contributed by atoms with van der Waals surface area (Å²) in [5, 5.41) is 8.70. The molecular formula is C14H20N4S. The number of rotatable bonds is 6. The molecule has 0 aliphatic carbocycles. The minimum atomic E-state index is 0.701. The van der Waals surface area contributed by atoms with Gasteiger partial charge in [0.2, 0.25) is 5.95 Å². The zero-order valence-electron chi connectivity index (χ0n) is 11.7. The highest BCUT2D eigenvalue weighted by Crippen LogP contribution is 2.17. The molecule has 0 aliphatic heterocycles. The summed E-state index contributed by atoms with van der Waals surface area (Å²) in [6.45, 7) is 7.95. The van der Waals surface area contributed by atoms with Crippen molar-refractivity contribution in [3.05, 3.63) is 33.6 Å². The predicted molar refractivity (Wildman–Crippen MR) is 81.9 cm³/mol. The van der Waals surface area contributed by atoms with Gasteiger partial charge in [-0.05, 0) is 37.3 Å². The maximum Gasteiger partial charge on any atom is 0.224 e. The Morgan fingerprint density at radius 2 is 2.05 bits per heavy atom. The summed E-state index contributed by atoms with van der Waals surface area (Å²) in [4.78, 5) is 10.2. The van der Waals surface area contributed by atoms with Crippen LogP contribution in [0.5, 0.6) is 0 Å². The van der Waals surface area contributed by atoms with E-state index in [2.05, 4.69) is 45.9 Å². The molecule has 0 aromatic carbocycles. The third-order valence-electron chi connectivity index (χ3n) is 2.79. The van der Waals surface area contributed by atoms with E-state index in [0.29, 0.717) is 5.95 Å². The van der Waals surface area contributed by atoms with Crippen LogP contribution in [0.1, 0.15) is 29.5 Å². The molecule has 19 heavy (non-hydrogen) atoms. The van der Waals surface area contributed by atoms with Gasteiger partial charge in [0.15, 0.2) is 0 Å². The van der Waals surface area contributed by atoms with Crippen LogP contribution in [0.4, 0.5) is 11.8 Å². The quantitative estimate of drug-likeness (QED) is 0.846. The monoisotopic (exact) mass is 276 g/mol. The fourth-order valence-electron chi connectivity index (χ4n) is 1.73. The molecule has 2 heterocycles. The Hall–Kier alpha value is -1.62. The Bertz CT molecular complexity index is 536. The van der Waals surface area contributed by atoms with Gasteiger partial charge in [0.1, 0.15) is 5.82 Å². The van der Waals surface area contributed by atoms with E-state index in [9.17, 15) is 0 Å². The Morgan fingerprint density at radius 1 is 1.21 bits per heavy atom. The highest BCUT2D eigenvalue weighted by atomic mass is 32.1. The predicted octanol–water partition coefficient (Wildman–Crippen LogP) is 3.59. The first-order chi connectivity index (χ1) is 9.19.